The molecule has 72 valence electrons. The van der Waals surface area contributed by atoms with E-state index in [1.54, 1.807) is 0 Å². The fourth-order valence-electron chi connectivity index (χ4n) is 0.842. The Morgan fingerprint density at radius 3 is 2.25 bits per heavy atom. The predicted octanol–water partition coefficient (Wildman–Crippen LogP) is 0.844. The monoisotopic (exact) mass is 280 g/mol. The second-order valence-electron chi connectivity index (χ2n) is 2.21. The van der Waals surface area contributed by atoms with E-state index in [1.165, 1.54) is 0 Å². The molecule has 0 unspecified atom stereocenters. The molecule has 0 saturated heterocycles. The van der Waals surface area contributed by atoms with E-state index >= 15 is 0 Å². The first-order chi connectivity index (χ1) is 5.26. The zero-order chi connectivity index (χ0) is 8.69. The van der Waals surface area contributed by atoms with Gasteiger partial charge in [0.2, 0.25) is 0 Å². The summed E-state index contributed by atoms with van der Waals surface area (Å²) in [6, 6.07) is 0. The summed E-state index contributed by atoms with van der Waals surface area (Å²) in [4.78, 5) is 11.1. The van der Waals surface area contributed by atoms with E-state index in [1.807, 2.05) is 26.8 Å². The zero-order valence-electron chi connectivity index (χ0n) is 7.52. The molecule has 0 aromatic rings. The maximum atomic E-state index is 11.1. The number of esters is 1. The molecule has 0 rings (SSSR count). The molecule has 3 heteroatoms. The molecule has 0 aromatic heterocycles. The van der Waals surface area contributed by atoms with Crippen molar-refractivity contribution in [3.63, 3.8) is 0 Å². The van der Waals surface area contributed by atoms with Gasteiger partial charge in [-0.3, -0.25) is 0 Å². The Morgan fingerprint density at radius 1 is 1.33 bits per heavy atom. The molecule has 0 aromatic carbocycles. The molecule has 0 saturated carbocycles. The van der Waals surface area contributed by atoms with Crippen molar-refractivity contribution < 1.29 is 9.53 Å². The van der Waals surface area contributed by atoms with Crippen molar-refractivity contribution in [1.82, 2.24) is 0 Å². The van der Waals surface area contributed by atoms with Crippen molar-refractivity contribution in [3.05, 3.63) is 11.6 Å². The summed E-state index contributed by atoms with van der Waals surface area (Å²) in [7, 11) is 0. The summed E-state index contributed by atoms with van der Waals surface area (Å²) in [5, 5.41) is 0. The number of allylic oxidation sites excluding steroid dienone is 1. The number of ether oxygens (including phenoxy) is 1. The van der Waals surface area contributed by atoms with Crippen LogP contribution in [0.15, 0.2) is 11.6 Å². The molecule has 0 heterocycles. The van der Waals surface area contributed by atoms with Gasteiger partial charge in [0, 0.05) is 5.57 Å². The molecular formula is C9H20O2Sn. The van der Waals surface area contributed by atoms with Gasteiger partial charge in [0.25, 0.3) is 0 Å². The van der Waals surface area contributed by atoms with Gasteiger partial charge in [-0.05, 0) is 19.8 Å². The zero-order valence-corrected chi connectivity index (χ0v) is 7.52. The third kappa shape index (κ3) is 5.63. The molecule has 0 amide bonds. The van der Waals surface area contributed by atoms with Crippen molar-refractivity contribution in [2.24, 2.45) is 0 Å². The first-order valence-electron chi connectivity index (χ1n) is 4.12. The van der Waals surface area contributed by atoms with Crippen LogP contribution in [0.3, 0.4) is 0 Å². The first-order valence-corrected chi connectivity index (χ1v) is 4.12. The average Bonchev–Trinajstić information content (AvgIpc) is 2.00. The molecule has 0 bridgehead atoms. The van der Waals surface area contributed by atoms with Crippen LogP contribution in [0.1, 0.15) is 33.6 Å². The van der Waals surface area contributed by atoms with E-state index in [0.29, 0.717) is 6.61 Å². The summed E-state index contributed by atoms with van der Waals surface area (Å²) >= 11 is 0. The Balaban J connectivity index is 0. The standard InChI is InChI=1S/C9H16O2.Sn.4H/c1-4-7-8(5-2)9(10)11-6-3;;;;;/h7H,4-6H2,1-3H3;;;;;. The van der Waals surface area contributed by atoms with Crippen molar-refractivity contribution >= 4 is 29.9 Å². The van der Waals surface area contributed by atoms with Crippen LogP contribution in [0.2, 0.25) is 0 Å². The van der Waals surface area contributed by atoms with Gasteiger partial charge in [-0.25, -0.2) is 4.79 Å². The van der Waals surface area contributed by atoms with Gasteiger partial charge in [-0.2, -0.15) is 0 Å². The van der Waals surface area contributed by atoms with Gasteiger partial charge in [-0.1, -0.05) is 19.9 Å². The molecular weight excluding hydrogens is 259 g/mol. The molecule has 0 aliphatic heterocycles. The topological polar surface area (TPSA) is 26.3 Å². The van der Waals surface area contributed by atoms with Crippen molar-refractivity contribution in [1.29, 1.82) is 0 Å². The Kier molecular flexibility index (Phi) is 11.0. The van der Waals surface area contributed by atoms with E-state index in [9.17, 15) is 4.79 Å². The van der Waals surface area contributed by atoms with Crippen LogP contribution in [0.5, 0.6) is 0 Å². The quantitative estimate of drug-likeness (QED) is 0.433. The van der Waals surface area contributed by atoms with E-state index in [4.69, 9.17) is 4.74 Å². The van der Waals surface area contributed by atoms with Gasteiger partial charge in [0.15, 0.2) is 0 Å². The summed E-state index contributed by atoms with van der Waals surface area (Å²) in [6.45, 7) is 6.24. The van der Waals surface area contributed by atoms with Crippen molar-refractivity contribution in [2.45, 2.75) is 33.6 Å². The van der Waals surface area contributed by atoms with Gasteiger partial charge in [0.05, 0.1) is 6.61 Å². The van der Waals surface area contributed by atoms with E-state index in [0.717, 1.165) is 18.4 Å². The minimum absolute atomic E-state index is 0. The average molecular weight is 279 g/mol. The molecule has 0 radical (unpaired) electrons. The van der Waals surface area contributed by atoms with Crippen LogP contribution in [0, 0.1) is 0 Å². The predicted molar refractivity (Wildman–Crippen MR) is 56.6 cm³/mol. The van der Waals surface area contributed by atoms with E-state index < -0.39 is 0 Å². The third-order valence-electron chi connectivity index (χ3n) is 1.37. The second kappa shape index (κ2) is 9.10. The number of carbonyl (C=O) groups excluding carboxylic acids is 1. The Morgan fingerprint density at radius 2 is 1.92 bits per heavy atom. The molecule has 2 nitrogen and oxygen atoms in total. The SMILES string of the molecule is CCC=C(CC)C(=O)OCC.[SnH4]. The van der Waals surface area contributed by atoms with Crippen LogP contribution in [0.4, 0.5) is 0 Å². The Bertz CT molecular complexity index is 153. The van der Waals surface area contributed by atoms with Crippen LogP contribution < -0.4 is 0 Å². The van der Waals surface area contributed by atoms with Gasteiger partial charge in [-0.15, -0.1) is 0 Å². The van der Waals surface area contributed by atoms with Gasteiger partial charge in [0.1, 0.15) is 0 Å². The molecule has 0 aliphatic carbocycles. The minimum atomic E-state index is -0.170. The van der Waals surface area contributed by atoms with Gasteiger partial charge < -0.3 is 4.74 Å². The first kappa shape index (κ1) is 14.5. The van der Waals surface area contributed by atoms with Crippen LogP contribution >= 0.6 is 0 Å². The molecule has 0 fully saturated rings. The number of carbonyl (C=O) groups is 1. The normalized spacial score (nSPS) is 10.4. The number of rotatable bonds is 4. The fraction of sp³-hybridized carbons (Fsp3) is 0.667. The summed E-state index contributed by atoms with van der Waals surface area (Å²) in [5.41, 5.74) is 0.786. The molecule has 0 atom stereocenters. The Hall–Kier alpha value is 0.00870. The third-order valence-corrected chi connectivity index (χ3v) is 1.37. The van der Waals surface area contributed by atoms with E-state index in [-0.39, 0.29) is 29.9 Å². The van der Waals surface area contributed by atoms with Crippen molar-refractivity contribution in [2.75, 3.05) is 6.61 Å². The van der Waals surface area contributed by atoms with Gasteiger partial charge >= 0.3 is 29.9 Å². The summed E-state index contributed by atoms with van der Waals surface area (Å²) in [6.07, 6.45) is 3.56. The number of hydrogen-bond acceptors (Lipinski definition) is 2. The fourth-order valence-corrected chi connectivity index (χ4v) is 0.842. The van der Waals surface area contributed by atoms with Crippen LogP contribution in [-0.4, -0.2) is 36.5 Å². The number of hydrogen-bond donors (Lipinski definition) is 0. The van der Waals surface area contributed by atoms with Crippen molar-refractivity contribution in [3.8, 4) is 0 Å². The second-order valence-corrected chi connectivity index (χ2v) is 2.21. The molecule has 0 spiro atoms. The van der Waals surface area contributed by atoms with Crippen LogP contribution in [0.25, 0.3) is 0 Å². The Labute approximate surface area is 91.3 Å². The van der Waals surface area contributed by atoms with Crippen LogP contribution in [-0.2, 0) is 9.53 Å². The van der Waals surface area contributed by atoms with E-state index in [2.05, 4.69) is 0 Å². The molecule has 0 N–H and O–H groups in total. The summed E-state index contributed by atoms with van der Waals surface area (Å²) in [5.74, 6) is -0.170. The molecule has 12 heavy (non-hydrogen) atoms. The molecule has 0 aliphatic rings. The maximum absolute atomic E-state index is 11.1. The summed E-state index contributed by atoms with van der Waals surface area (Å²) < 4.78 is 4.84.